The zero-order valence-electron chi connectivity index (χ0n) is 51.0. The normalized spacial score (nSPS) is 12.3. The largest absolute Gasteiger partial charge is 0.462 e. The summed E-state index contributed by atoms with van der Waals surface area (Å²) in [5.74, 6) is -0.898. The maximum atomic E-state index is 12.9. The van der Waals surface area contributed by atoms with E-state index in [0.717, 1.165) is 83.5 Å². The van der Waals surface area contributed by atoms with E-state index < -0.39 is 6.10 Å². The van der Waals surface area contributed by atoms with E-state index in [1.165, 1.54) is 238 Å². The number of esters is 3. The van der Waals surface area contributed by atoms with Gasteiger partial charge in [0.25, 0.3) is 0 Å². The lowest BCUT2D eigenvalue weighted by Gasteiger charge is -2.18. The minimum atomic E-state index is -0.788. The van der Waals surface area contributed by atoms with Crippen LogP contribution >= 0.6 is 0 Å². The number of unbranched alkanes of at least 4 members (excludes halogenated alkanes) is 43. The van der Waals surface area contributed by atoms with Gasteiger partial charge in [0.2, 0.25) is 0 Å². The van der Waals surface area contributed by atoms with E-state index in [0.29, 0.717) is 19.3 Å². The van der Waals surface area contributed by atoms with Crippen molar-refractivity contribution in [3.63, 3.8) is 0 Å². The predicted molar refractivity (Wildman–Crippen MR) is 330 cm³/mol. The Morgan fingerprint density at radius 1 is 0.276 bits per heavy atom. The van der Waals surface area contributed by atoms with Crippen LogP contribution in [0.2, 0.25) is 0 Å². The Balaban J connectivity index is 4.31. The molecule has 0 aliphatic rings. The fourth-order valence-corrected chi connectivity index (χ4v) is 10.1. The number of hydrogen-bond donors (Lipinski definition) is 0. The van der Waals surface area contributed by atoms with Crippen molar-refractivity contribution >= 4 is 17.9 Å². The molecule has 0 saturated carbocycles. The van der Waals surface area contributed by atoms with Crippen LogP contribution in [0.5, 0.6) is 0 Å². The van der Waals surface area contributed by atoms with Crippen LogP contribution in [0.4, 0.5) is 0 Å². The summed E-state index contributed by atoms with van der Waals surface area (Å²) in [6.45, 7) is 6.56. The van der Waals surface area contributed by atoms with Crippen molar-refractivity contribution in [2.75, 3.05) is 13.2 Å². The molecule has 0 amide bonds. The molecule has 0 bridgehead atoms. The first kappa shape index (κ1) is 73.4. The van der Waals surface area contributed by atoms with Gasteiger partial charge in [-0.15, -0.1) is 0 Å². The Labute approximate surface area is 473 Å². The summed E-state index contributed by atoms with van der Waals surface area (Å²) in [5, 5.41) is 0. The van der Waals surface area contributed by atoms with Gasteiger partial charge >= 0.3 is 17.9 Å². The average molecular weight is 1070 g/mol. The number of carbonyl (C=O) groups excluding carboxylic acids is 3. The van der Waals surface area contributed by atoms with Crippen LogP contribution in [0.3, 0.4) is 0 Å². The van der Waals surface area contributed by atoms with Crippen LogP contribution in [0.25, 0.3) is 0 Å². The Bertz CT molecular complexity index is 1310. The lowest BCUT2D eigenvalue weighted by Crippen LogP contribution is -2.30. The van der Waals surface area contributed by atoms with Crippen molar-refractivity contribution in [2.45, 2.75) is 367 Å². The molecule has 0 radical (unpaired) electrons. The molecule has 444 valence electrons. The molecular formula is C70H128O6. The van der Waals surface area contributed by atoms with E-state index in [1.54, 1.807) is 0 Å². The first-order valence-electron chi connectivity index (χ1n) is 33.6. The topological polar surface area (TPSA) is 78.9 Å². The number of hydrogen-bond acceptors (Lipinski definition) is 6. The Kier molecular flexibility index (Phi) is 62.6. The lowest BCUT2D eigenvalue weighted by molar-refractivity contribution is -0.167. The first-order valence-corrected chi connectivity index (χ1v) is 33.6. The van der Waals surface area contributed by atoms with Crippen LogP contribution in [-0.4, -0.2) is 37.2 Å². The molecule has 0 aromatic rings. The van der Waals surface area contributed by atoms with Crippen molar-refractivity contribution < 1.29 is 28.6 Å². The molecule has 0 saturated heterocycles. The highest BCUT2D eigenvalue weighted by molar-refractivity contribution is 5.71. The molecule has 0 N–H and O–H groups in total. The van der Waals surface area contributed by atoms with Crippen molar-refractivity contribution in [1.82, 2.24) is 0 Å². The van der Waals surface area contributed by atoms with Crippen LogP contribution in [0.15, 0.2) is 48.6 Å². The molecule has 0 aromatic carbocycles. The van der Waals surface area contributed by atoms with Gasteiger partial charge < -0.3 is 14.2 Å². The molecule has 0 fully saturated rings. The quantitative estimate of drug-likeness (QED) is 0.0261. The monoisotopic (exact) mass is 1060 g/mol. The first-order chi connectivity index (χ1) is 37.5. The summed E-state index contributed by atoms with van der Waals surface area (Å²) < 4.78 is 16.9. The van der Waals surface area contributed by atoms with E-state index in [1.807, 2.05) is 0 Å². The molecule has 76 heavy (non-hydrogen) atoms. The third kappa shape index (κ3) is 62.2. The highest BCUT2D eigenvalue weighted by Gasteiger charge is 2.19. The van der Waals surface area contributed by atoms with Crippen molar-refractivity contribution in [2.24, 2.45) is 0 Å². The van der Waals surface area contributed by atoms with Gasteiger partial charge in [0.15, 0.2) is 6.10 Å². The van der Waals surface area contributed by atoms with E-state index in [4.69, 9.17) is 14.2 Å². The number of ether oxygens (including phenoxy) is 3. The zero-order chi connectivity index (χ0) is 55.0. The molecule has 6 heteroatoms. The lowest BCUT2D eigenvalue weighted by atomic mass is 10.0. The zero-order valence-corrected chi connectivity index (χ0v) is 51.0. The van der Waals surface area contributed by atoms with E-state index >= 15 is 0 Å². The van der Waals surface area contributed by atoms with Gasteiger partial charge in [-0.3, -0.25) is 14.4 Å². The minimum absolute atomic E-state index is 0.0811. The third-order valence-electron chi connectivity index (χ3n) is 15.1. The van der Waals surface area contributed by atoms with Gasteiger partial charge in [0.1, 0.15) is 13.2 Å². The van der Waals surface area contributed by atoms with Gasteiger partial charge in [-0.1, -0.05) is 333 Å². The molecule has 0 aliphatic heterocycles. The minimum Gasteiger partial charge on any atom is -0.462 e. The smallest absolute Gasteiger partial charge is 0.306 e. The van der Waals surface area contributed by atoms with Gasteiger partial charge in [0.05, 0.1) is 0 Å². The van der Waals surface area contributed by atoms with Crippen molar-refractivity contribution in [3.8, 4) is 0 Å². The van der Waals surface area contributed by atoms with E-state index in [9.17, 15) is 14.4 Å². The van der Waals surface area contributed by atoms with Crippen LogP contribution in [0.1, 0.15) is 361 Å². The van der Waals surface area contributed by atoms with Crippen LogP contribution in [0, 0.1) is 0 Å². The SMILES string of the molecule is CC/C=C\C/C=C\C/C=C\C/C=C\CCCCC(=O)OCC(COC(=O)CCCCCCCCCCCCCCCCCCCCCCCC)OC(=O)CCCCCCCCCCCCCCCCCCCCCCC. The molecule has 0 aliphatic carbocycles. The Hall–Kier alpha value is -2.63. The fourth-order valence-electron chi connectivity index (χ4n) is 10.1. The summed E-state index contributed by atoms with van der Waals surface area (Å²) in [6, 6.07) is 0. The molecule has 0 heterocycles. The fraction of sp³-hybridized carbons (Fsp3) is 0.843. The highest BCUT2D eigenvalue weighted by Crippen LogP contribution is 2.18. The average Bonchev–Trinajstić information content (AvgIpc) is 3.42. The Morgan fingerprint density at radius 2 is 0.513 bits per heavy atom. The summed E-state index contributed by atoms with van der Waals surface area (Å²) in [5.41, 5.74) is 0. The molecule has 6 nitrogen and oxygen atoms in total. The standard InChI is InChI=1S/C70H128O6/c1-4-7-10-13-16-19-22-25-28-30-32-34-36-37-39-42-45-48-51-54-57-60-63-69(72)75-66-67(65-74-68(71)62-59-56-53-50-47-44-41-27-24-21-18-15-12-9-6-3)76-70(73)64-61-58-55-52-49-46-43-40-38-35-33-31-29-26-23-20-17-14-11-8-5-2/h9,12,18,21,27,41,47,50,67H,4-8,10-11,13-17,19-20,22-26,28-40,42-46,48-49,51-66H2,1-3H3/b12-9-,21-18-,41-27-,50-47-. The van der Waals surface area contributed by atoms with Crippen LogP contribution in [-0.2, 0) is 28.6 Å². The second kappa shape index (κ2) is 64.9. The molecule has 0 aromatic heterocycles. The maximum Gasteiger partial charge on any atom is 0.306 e. The van der Waals surface area contributed by atoms with Gasteiger partial charge in [-0.25, -0.2) is 0 Å². The summed E-state index contributed by atoms with van der Waals surface area (Å²) in [7, 11) is 0. The third-order valence-corrected chi connectivity index (χ3v) is 15.1. The van der Waals surface area contributed by atoms with Gasteiger partial charge in [-0.05, 0) is 57.8 Å². The van der Waals surface area contributed by atoms with Gasteiger partial charge in [-0.2, -0.15) is 0 Å². The Morgan fingerprint density at radius 3 is 0.803 bits per heavy atom. The van der Waals surface area contributed by atoms with Crippen molar-refractivity contribution in [3.05, 3.63) is 48.6 Å². The van der Waals surface area contributed by atoms with Crippen molar-refractivity contribution in [1.29, 1.82) is 0 Å². The predicted octanol–water partition coefficient (Wildman–Crippen LogP) is 22.9. The molecular weight excluding hydrogens is 937 g/mol. The van der Waals surface area contributed by atoms with Crippen LogP contribution < -0.4 is 0 Å². The second-order valence-electron chi connectivity index (χ2n) is 22.7. The number of allylic oxidation sites excluding steroid dienone is 8. The molecule has 1 atom stereocenters. The summed E-state index contributed by atoms with van der Waals surface area (Å²) in [6.07, 6.45) is 81.4. The van der Waals surface area contributed by atoms with E-state index in [2.05, 4.69) is 69.4 Å². The summed E-state index contributed by atoms with van der Waals surface area (Å²) >= 11 is 0. The van der Waals surface area contributed by atoms with Gasteiger partial charge in [0, 0.05) is 19.3 Å². The highest BCUT2D eigenvalue weighted by atomic mass is 16.6. The molecule has 0 rings (SSSR count). The summed E-state index contributed by atoms with van der Waals surface area (Å²) in [4.78, 5) is 38.4. The number of rotatable bonds is 62. The van der Waals surface area contributed by atoms with E-state index in [-0.39, 0.29) is 31.1 Å². The second-order valence-corrected chi connectivity index (χ2v) is 22.7. The maximum absolute atomic E-state index is 12.9. The molecule has 0 spiro atoms. The number of carbonyl (C=O) groups is 3. The molecule has 1 unspecified atom stereocenters.